The van der Waals surface area contributed by atoms with Gasteiger partial charge in [-0.15, -0.1) is 0 Å². The van der Waals surface area contributed by atoms with Gasteiger partial charge in [0.25, 0.3) is 0 Å². The molecule has 0 aliphatic heterocycles. The van der Waals surface area contributed by atoms with Gasteiger partial charge < -0.3 is 5.11 Å². The van der Waals surface area contributed by atoms with Crippen LogP contribution in [-0.4, -0.2) is 5.11 Å². The van der Waals surface area contributed by atoms with Gasteiger partial charge in [-0.1, -0.05) is 31.0 Å². The Hall–Kier alpha value is -0.820. The number of hydrogen-bond donors (Lipinski definition) is 1. The van der Waals surface area contributed by atoms with Crippen LogP contribution in [0.3, 0.4) is 0 Å². The van der Waals surface area contributed by atoms with Gasteiger partial charge in [-0.25, -0.2) is 0 Å². The molecule has 0 bridgehead atoms. The van der Waals surface area contributed by atoms with Crippen LogP contribution in [0.2, 0.25) is 0 Å². The first kappa shape index (κ1) is 10.7. The van der Waals surface area contributed by atoms with Gasteiger partial charge in [0, 0.05) is 0 Å². The van der Waals surface area contributed by atoms with Crippen LogP contribution in [0.4, 0.5) is 0 Å². The first-order valence-corrected chi connectivity index (χ1v) is 5.79. The second-order valence-electron chi connectivity index (χ2n) is 5.01. The van der Waals surface area contributed by atoms with Crippen molar-refractivity contribution in [2.24, 2.45) is 5.92 Å². The number of rotatable bonds is 2. The summed E-state index contributed by atoms with van der Waals surface area (Å²) in [5.41, 5.74) is 4.43. The zero-order valence-electron chi connectivity index (χ0n) is 10.1. The molecule has 0 radical (unpaired) electrons. The zero-order chi connectivity index (χ0) is 11.2. The molecule has 15 heavy (non-hydrogen) atoms. The maximum absolute atomic E-state index is 10.5. The molecular formula is C14H20O. The lowest BCUT2D eigenvalue weighted by Crippen LogP contribution is -2.13. The van der Waals surface area contributed by atoms with Gasteiger partial charge in [0.15, 0.2) is 0 Å². The smallest absolute Gasteiger partial charge is 0.0934 e. The summed E-state index contributed by atoms with van der Waals surface area (Å²) in [6, 6.07) is 4.34. The summed E-state index contributed by atoms with van der Waals surface area (Å²) in [5.74, 6) is 0.470. The second-order valence-corrected chi connectivity index (χ2v) is 5.01. The fourth-order valence-corrected chi connectivity index (χ4v) is 2.97. The Morgan fingerprint density at radius 3 is 2.20 bits per heavy atom. The average molecular weight is 204 g/mol. The number of aliphatic hydroxyl groups is 1. The van der Waals surface area contributed by atoms with E-state index in [0.29, 0.717) is 5.92 Å². The van der Waals surface area contributed by atoms with E-state index in [1.807, 2.05) is 0 Å². The summed E-state index contributed by atoms with van der Waals surface area (Å²) in [4.78, 5) is 0. The highest BCUT2D eigenvalue weighted by atomic mass is 16.3. The van der Waals surface area contributed by atoms with Crippen LogP contribution in [0.5, 0.6) is 0 Å². The molecule has 1 aromatic carbocycles. The van der Waals surface area contributed by atoms with Crippen molar-refractivity contribution in [2.75, 3.05) is 0 Å². The molecule has 82 valence electrons. The molecule has 1 aliphatic carbocycles. The van der Waals surface area contributed by atoms with Crippen LogP contribution in [0.1, 0.15) is 42.0 Å². The third-order valence-corrected chi connectivity index (χ3v) is 3.68. The Bertz CT molecular complexity index is 371. The van der Waals surface area contributed by atoms with E-state index in [2.05, 4.69) is 39.8 Å². The van der Waals surface area contributed by atoms with E-state index in [4.69, 9.17) is 0 Å². The van der Waals surface area contributed by atoms with Crippen LogP contribution in [0.25, 0.3) is 0 Å². The summed E-state index contributed by atoms with van der Waals surface area (Å²) in [7, 11) is 0. The van der Waals surface area contributed by atoms with E-state index in [9.17, 15) is 5.11 Å². The van der Waals surface area contributed by atoms with Gasteiger partial charge in [0.2, 0.25) is 0 Å². The summed E-state index contributed by atoms with van der Waals surface area (Å²) >= 11 is 0. The van der Waals surface area contributed by atoms with Gasteiger partial charge in [0.05, 0.1) is 5.60 Å². The predicted octanol–water partition coefficient (Wildman–Crippen LogP) is 3.23. The standard InChI is InChI=1S/C14H20O/c1-5-12-8-14(12,15)13-10(3)6-9(2)7-11(13)4/h6-7,12,15H,5,8H2,1-4H3. The van der Waals surface area contributed by atoms with Gasteiger partial charge in [-0.05, 0) is 49.8 Å². The maximum atomic E-state index is 10.5. The van der Waals surface area contributed by atoms with Gasteiger partial charge in [0.1, 0.15) is 0 Å². The second kappa shape index (κ2) is 3.34. The average Bonchev–Trinajstić information content (AvgIpc) is 2.75. The van der Waals surface area contributed by atoms with Gasteiger partial charge >= 0.3 is 0 Å². The molecule has 0 spiro atoms. The minimum absolute atomic E-state index is 0.470. The molecule has 2 atom stereocenters. The maximum Gasteiger partial charge on any atom is 0.0934 e. The van der Waals surface area contributed by atoms with Crippen molar-refractivity contribution in [2.45, 2.75) is 46.1 Å². The molecule has 1 nitrogen and oxygen atoms in total. The first-order chi connectivity index (χ1) is 6.99. The molecule has 1 aliphatic rings. The quantitative estimate of drug-likeness (QED) is 0.784. The normalized spacial score (nSPS) is 29.3. The Kier molecular flexibility index (Phi) is 2.38. The fourth-order valence-electron chi connectivity index (χ4n) is 2.97. The molecule has 1 N–H and O–H groups in total. The molecular weight excluding hydrogens is 184 g/mol. The molecule has 0 heterocycles. The molecule has 1 fully saturated rings. The molecule has 0 aromatic heterocycles. The van der Waals surface area contributed by atoms with Crippen molar-refractivity contribution in [1.82, 2.24) is 0 Å². The van der Waals surface area contributed by atoms with Gasteiger partial charge in [-0.3, -0.25) is 0 Å². The van der Waals surface area contributed by atoms with Crippen LogP contribution >= 0.6 is 0 Å². The van der Waals surface area contributed by atoms with E-state index in [1.165, 1.54) is 22.3 Å². The molecule has 0 amide bonds. The number of benzene rings is 1. The highest BCUT2D eigenvalue weighted by Gasteiger charge is 2.53. The zero-order valence-corrected chi connectivity index (χ0v) is 10.1. The number of hydrogen-bond acceptors (Lipinski definition) is 1. The van der Waals surface area contributed by atoms with Crippen LogP contribution in [0, 0.1) is 26.7 Å². The molecule has 1 aromatic rings. The highest BCUT2D eigenvalue weighted by molar-refractivity contribution is 5.44. The van der Waals surface area contributed by atoms with Crippen molar-refractivity contribution in [1.29, 1.82) is 0 Å². The van der Waals surface area contributed by atoms with E-state index < -0.39 is 5.60 Å². The fraction of sp³-hybridized carbons (Fsp3) is 0.571. The monoisotopic (exact) mass is 204 g/mol. The Balaban J connectivity index is 2.46. The Morgan fingerprint density at radius 2 is 1.80 bits per heavy atom. The summed E-state index contributed by atoms with van der Waals surface area (Å²) < 4.78 is 0. The minimum Gasteiger partial charge on any atom is -0.385 e. The minimum atomic E-state index is -0.517. The van der Waals surface area contributed by atoms with Crippen LogP contribution in [-0.2, 0) is 5.60 Å². The Labute approximate surface area is 92.1 Å². The van der Waals surface area contributed by atoms with Crippen molar-refractivity contribution >= 4 is 0 Å². The SMILES string of the molecule is CCC1CC1(O)c1c(C)cc(C)cc1C. The van der Waals surface area contributed by atoms with Crippen molar-refractivity contribution in [3.05, 3.63) is 34.4 Å². The van der Waals surface area contributed by atoms with Crippen molar-refractivity contribution in [3.8, 4) is 0 Å². The largest absolute Gasteiger partial charge is 0.385 e. The van der Waals surface area contributed by atoms with E-state index in [1.54, 1.807) is 0 Å². The lowest BCUT2D eigenvalue weighted by molar-refractivity contribution is 0.129. The van der Waals surface area contributed by atoms with E-state index >= 15 is 0 Å². The lowest BCUT2D eigenvalue weighted by atomic mass is 9.92. The third-order valence-electron chi connectivity index (χ3n) is 3.68. The van der Waals surface area contributed by atoms with Crippen LogP contribution in [0.15, 0.2) is 12.1 Å². The molecule has 2 rings (SSSR count). The molecule has 1 heteroatoms. The molecule has 2 unspecified atom stereocenters. The first-order valence-electron chi connectivity index (χ1n) is 5.79. The predicted molar refractivity (Wildman–Crippen MR) is 62.9 cm³/mol. The van der Waals surface area contributed by atoms with E-state index in [-0.39, 0.29) is 0 Å². The Morgan fingerprint density at radius 1 is 1.27 bits per heavy atom. The lowest BCUT2D eigenvalue weighted by Gasteiger charge is -2.17. The highest BCUT2D eigenvalue weighted by Crippen LogP contribution is 2.55. The summed E-state index contributed by atoms with van der Waals surface area (Å²) in [5, 5.41) is 10.5. The summed E-state index contributed by atoms with van der Waals surface area (Å²) in [6.45, 7) is 8.48. The number of aryl methyl sites for hydroxylation is 3. The van der Waals surface area contributed by atoms with Crippen molar-refractivity contribution in [3.63, 3.8) is 0 Å². The molecule has 0 saturated heterocycles. The molecule has 1 saturated carbocycles. The van der Waals surface area contributed by atoms with Crippen LogP contribution < -0.4 is 0 Å². The third kappa shape index (κ3) is 1.59. The topological polar surface area (TPSA) is 20.2 Å². The van der Waals surface area contributed by atoms with Gasteiger partial charge in [-0.2, -0.15) is 0 Å². The van der Waals surface area contributed by atoms with E-state index in [0.717, 1.165) is 12.8 Å². The van der Waals surface area contributed by atoms with Crippen molar-refractivity contribution < 1.29 is 5.11 Å². The summed E-state index contributed by atoms with van der Waals surface area (Å²) in [6.07, 6.45) is 2.01.